The first-order valence-electron chi connectivity index (χ1n) is 5.73. The number of aromatic hydroxyl groups is 1. The summed E-state index contributed by atoms with van der Waals surface area (Å²) >= 11 is 0. The van der Waals surface area contributed by atoms with Crippen molar-refractivity contribution in [3.8, 4) is 5.75 Å². The van der Waals surface area contributed by atoms with Crippen molar-refractivity contribution in [3.63, 3.8) is 0 Å². The third-order valence-corrected chi connectivity index (χ3v) is 3.13. The van der Waals surface area contributed by atoms with Crippen LogP contribution < -0.4 is 5.32 Å². The van der Waals surface area contributed by atoms with Crippen LogP contribution in [0.15, 0.2) is 18.2 Å². The van der Waals surface area contributed by atoms with E-state index in [-0.39, 0.29) is 17.5 Å². The zero-order valence-electron chi connectivity index (χ0n) is 9.49. The van der Waals surface area contributed by atoms with Gasteiger partial charge in [0.05, 0.1) is 5.56 Å². The normalized spacial score (nSPS) is 17.3. The number of hydrogen-bond donors (Lipinski definition) is 2. The summed E-state index contributed by atoms with van der Waals surface area (Å²) in [5.41, 5.74) is 1.49. The van der Waals surface area contributed by atoms with Crippen LogP contribution in [-0.2, 0) is 0 Å². The number of nitrogens with one attached hydrogen (secondary N) is 1. The maximum atomic E-state index is 12.2. The average Bonchev–Trinajstić information content (AvgIpc) is 2.32. The minimum atomic E-state index is 0.0638. The predicted octanol–water partition coefficient (Wildman–Crippen LogP) is 1.88. The Hall–Kier alpha value is -1.35. The molecule has 1 saturated heterocycles. The fraction of sp³-hybridized carbons (Fsp3) is 0.462. The van der Waals surface area contributed by atoms with E-state index in [0.717, 1.165) is 31.5 Å². The van der Waals surface area contributed by atoms with Crippen LogP contribution in [0, 0.1) is 12.8 Å². The lowest BCUT2D eigenvalue weighted by molar-refractivity contribution is 0.0892. The van der Waals surface area contributed by atoms with Gasteiger partial charge in [0.25, 0.3) is 0 Å². The summed E-state index contributed by atoms with van der Waals surface area (Å²) < 4.78 is 0. The van der Waals surface area contributed by atoms with Crippen molar-refractivity contribution in [2.24, 2.45) is 5.92 Å². The molecule has 0 saturated carbocycles. The Morgan fingerprint density at radius 3 is 2.75 bits per heavy atom. The van der Waals surface area contributed by atoms with E-state index in [1.165, 1.54) is 0 Å². The van der Waals surface area contributed by atoms with Gasteiger partial charge in [-0.1, -0.05) is 11.6 Å². The van der Waals surface area contributed by atoms with Crippen molar-refractivity contribution in [2.45, 2.75) is 19.8 Å². The molecule has 1 aliphatic rings. The van der Waals surface area contributed by atoms with Crippen molar-refractivity contribution in [1.82, 2.24) is 5.32 Å². The molecule has 1 aliphatic heterocycles. The second kappa shape index (κ2) is 4.66. The highest BCUT2D eigenvalue weighted by atomic mass is 16.3. The predicted molar refractivity (Wildman–Crippen MR) is 62.8 cm³/mol. The van der Waals surface area contributed by atoms with Crippen LogP contribution in [0.1, 0.15) is 28.8 Å². The number of carbonyl (C=O) groups excluding carboxylic acids is 1. The molecule has 0 radical (unpaired) electrons. The minimum Gasteiger partial charge on any atom is -0.507 e. The van der Waals surface area contributed by atoms with Gasteiger partial charge >= 0.3 is 0 Å². The molecule has 0 spiro atoms. The molecule has 1 aromatic carbocycles. The third kappa shape index (κ3) is 2.25. The second-order valence-electron chi connectivity index (χ2n) is 4.41. The zero-order valence-corrected chi connectivity index (χ0v) is 9.49. The molecule has 2 N–H and O–H groups in total. The first-order chi connectivity index (χ1) is 7.68. The van der Waals surface area contributed by atoms with E-state index in [2.05, 4.69) is 5.32 Å². The molecule has 2 rings (SSSR count). The van der Waals surface area contributed by atoms with Gasteiger partial charge in [-0.05, 0) is 45.0 Å². The van der Waals surface area contributed by atoms with Gasteiger partial charge in [-0.3, -0.25) is 4.79 Å². The van der Waals surface area contributed by atoms with E-state index in [4.69, 9.17) is 0 Å². The number of rotatable bonds is 2. The Labute approximate surface area is 95.5 Å². The maximum absolute atomic E-state index is 12.2. The summed E-state index contributed by atoms with van der Waals surface area (Å²) in [6.07, 6.45) is 1.73. The fourth-order valence-electron chi connectivity index (χ4n) is 2.15. The van der Waals surface area contributed by atoms with E-state index < -0.39 is 0 Å². The number of phenols is 1. The zero-order chi connectivity index (χ0) is 11.5. The molecule has 16 heavy (non-hydrogen) atoms. The lowest BCUT2D eigenvalue weighted by Crippen LogP contribution is -2.31. The molecule has 3 nitrogen and oxygen atoms in total. The van der Waals surface area contributed by atoms with Gasteiger partial charge < -0.3 is 10.4 Å². The molecule has 86 valence electrons. The lowest BCUT2D eigenvalue weighted by Gasteiger charge is -2.21. The van der Waals surface area contributed by atoms with Gasteiger partial charge in [0, 0.05) is 5.92 Å². The van der Waals surface area contributed by atoms with Crippen molar-refractivity contribution >= 4 is 5.78 Å². The highest BCUT2D eigenvalue weighted by Gasteiger charge is 2.24. The quantitative estimate of drug-likeness (QED) is 0.747. The number of Topliss-reactive ketones (excluding diaryl/α,β-unsaturated/α-hetero) is 1. The van der Waals surface area contributed by atoms with Crippen molar-refractivity contribution in [3.05, 3.63) is 29.3 Å². The van der Waals surface area contributed by atoms with Crippen LogP contribution in [0.25, 0.3) is 0 Å². The number of phenolic OH excluding ortho intramolecular Hbond substituents is 1. The standard InChI is InChI=1S/C13H17NO2/c1-9-2-3-12(15)11(8-9)13(16)10-4-6-14-7-5-10/h2-3,8,10,14-15H,4-7H2,1H3. The topological polar surface area (TPSA) is 49.3 Å². The Balaban J connectivity index is 2.22. The summed E-state index contributed by atoms with van der Waals surface area (Å²) in [6.45, 7) is 3.71. The van der Waals surface area contributed by atoms with Crippen molar-refractivity contribution < 1.29 is 9.90 Å². The lowest BCUT2D eigenvalue weighted by atomic mass is 9.89. The van der Waals surface area contributed by atoms with Gasteiger partial charge in [0.15, 0.2) is 5.78 Å². The van der Waals surface area contributed by atoms with E-state index in [1.807, 2.05) is 13.0 Å². The molecule has 0 aliphatic carbocycles. The number of piperidine rings is 1. The molecule has 0 aromatic heterocycles. The summed E-state index contributed by atoms with van der Waals surface area (Å²) in [4.78, 5) is 12.2. The fourth-order valence-corrected chi connectivity index (χ4v) is 2.15. The summed E-state index contributed by atoms with van der Waals surface area (Å²) in [5, 5.41) is 12.9. The maximum Gasteiger partial charge on any atom is 0.169 e. The van der Waals surface area contributed by atoms with E-state index in [0.29, 0.717) is 5.56 Å². The average molecular weight is 219 g/mol. The number of ketones is 1. The van der Waals surface area contributed by atoms with Gasteiger partial charge in [-0.15, -0.1) is 0 Å². The van der Waals surface area contributed by atoms with Crippen LogP contribution in [-0.4, -0.2) is 24.0 Å². The van der Waals surface area contributed by atoms with E-state index in [1.54, 1.807) is 12.1 Å². The molecule has 1 aromatic rings. The SMILES string of the molecule is Cc1ccc(O)c(C(=O)C2CCNCC2)c1. The smallest absolute Gasteiger partial charge is 0.169 e. The monoisotopic (exact) mass is 219 g/mol. The molecule has 3 heteroatoms. The van der Waals surface area contributed by atoms with Gasteiger partial charge in [0.2, 0.25) is 0 Å². The molecule has 0 atom stereocenters. The summed E-state index contributed by atoms with van der Waals surface area (Å²) in [7, 11) is 0. The van der Waals surface area contributed by atoms with E-state index >= 15 is 0 Å². The van der Waals surface area contributed by atoms with Gasteiger partial charge in [-0.2, -0.15) is 0 Å². The van der Waals surface area contributed by atoms with Crippen LogP contribution in [0.3, 0.4) is 0 Å². The molecule has 0 bridgehead atoms. The Kier molecular flexibility index (Phi) is 3.25. The highest BCUT2D eigenvalue weighted by Crippen LogP contribution is 2.25. The molecular weight excluding hydrogens is 202 g/mol. The molecule has 1 fully saturated rings. The van der Waals surface area contributed by atoms with Gasteiger partial charge in [0.1, 0.15) is 5.75 Å². The van der Waals surface area contributed by atoms with Crippen LogP contribution in [0.4, 0.5) is 0 Å². The Bertz CT molecular complexity index is 395. The van der Waals surface area contributed by atoms with Crippen LogP contribution >= 0.6 is 0 Å². The third-order valence-electron chi connectivity index (χ3n) is 3.13. The van der Waals surface area contributed by atoms with Crippen molar-refractivity contribution in [2.75, 3.05) is 13.1 Å². The number of benzene rings is 1. The molecule has 1 heterocycles. The molecule has 0 unspecified atom stereocenters. The number of carbonyl (C=O) groups is 1. The van der Waals surface area contributed by atoms with E-state index in [9.17, 15) is 9.90 Å². The minimum absolute atomic E-state index is 0.0638. The highest BCUT2D eigenvalue weighted by molar-refractivity contribution is 6.00. The second-order valence-corrected chi connectivity index (χ2v) is 4.41. The Morgan fingerprint density at radius 1 is 1.38 bits per heavy atom. The largest absolute Gasteiger partial charge is 0.507 e. The van der Waals surface area contributed by atoms with Crippen LogP contribution in [0.2, 0.25) is 0 Å². The number of hydrogen-bond acceptors (Lipinski definition) is 3. The van der Waals surface area contributed by atoms with Gasteiger partial charge in [-0.25, -0.2) is 0 Å². The molecular formula is C13H17NO2. The Morgan fingerprint density at radius 2 is 2.06 bits per heavy atom. The summed E-state index contributed by atoms with van der Waals surface area (Å²) in [6, 6.07) is 5.19. The van der Waals surface area contributed by atoms with Crippen molar-refractivity contribution in [1.29, 1.82) is 0 Å². The van der Waals surface area contributed by atoms with Crippen LogP contribution in [0.5, 0.6) is 5.75 Å². The molecule has 0 amide bonds. The number of aryl methyl sites for hydroxylation is 1. The summed E-state index contributed by atoms with van der Waals surface area (Å²) in [5.74, 6) is 0.255. The first kappa shape index (κ1) is 11.1. The first-order valence-corrected chi connectivity index (χ1v) is 5.73.